The zero-order chi connectivity index (χ0) is 34.8. The number of fused-ring (bicyclic) bond motifs is 1. The molecule has 0 fully saturated rings. The van der Waals surface area contributed by atoms with E-state index < -0.39 is 23.0 Å². The van der Waals surface area contributed by atoms with Crippen molar-refractivity contribution in [3.05, 3.63) is 112 Å². The largest absolute Gasteiger partial charge is 0.493 e. The van der Waals surface area contributed by atoms with Gasteiger partial charge in [-0.2, -0.15) is 0 Å². The monoisotopic (exact) mass is 697 g/mol. The van der Waals surface area contributed by atoms with Gasteiger partial charge in [-0.1, -0.05) is 49.4 Å². The Labute approximate surface area is 294 Å². The predicted octanol–water partition coefficient (Wildman–Crippen LogP) is 7.73. The molecule has 1 atom stereocenters. The lowest BCUT2D eigenvalue weighted by Gasteiger charge is -2.16. The molecule has 0 saturated heterocycles. The van der Waals surface area contributed by atoms with Gasteiger partial charge in [-0.3, -0.25) is 14.4 Å². The number of hydrogen-bond donors (Lipinski definition) is 3. The molecule has 1 aliphatic rings. The van der Waals surface area contributed by atoms with Crippen molar-refractivity contribution >= 4 is 63.6 Å². The lowest BCUT2D eigenvalue weighted by Crippen LogP contribution is -2.30. The summed E-state index contributed by atoms with van der Waals surface area (Å²) >= 11 is 2.82. The number of carbonyl (C=O) groups is 4. The molecule has 3 aromatic carbocycles. The van der Waals surface area contributed by atoms with Gasteiger partial charge in [-0.15, -0.1) is 23.1 Å². The fourth-order valence-electron chi connectivity index (χ4n) is 5.48. The van der Waals surface area contributed by atoms with Crippen LogP contribution in [0, 0.1) is 0 Å². The van der Waals surface area contributed by atoms with E-state index in [1.54, 1.807) is 60.7 Å². The quantitative estimate of drug-likeness (QED) is 0.0743. The Morgan fingerprint density at radius 1 is 0.918 bits per heavy atom. The summed E-state index contributed by atoms with van der Waals surface area (Å²) < 4.78 is 10.8. The fraction of sp³-hybridized carbons (Fsp3) is 0.263. The molecule has 9 nitrogen and oxygen atoms in total. The Morgan fingerprint density at radius 3 is 2.43 bits per heavy atom. The second kappa shape index (κ2) is 17.0. The number of nitrogens with one attached hydrogen (secondary N) is 3. The SMILES string of the molecule is CCOc1ccccc1/C=C(/NC(=O)c1ccccc1)C(=O)Nc1cccc(SC(CC)C(=O)Nc2sc3c(c2C(=O)OC)CCCC3)c1. The Balaban J connectivity index is 1.34. The number of hydrogen-bond acceptors (Lipinski definition) is 8. The Kier molecular flexibility index (Phi) is 12.3. The van der Waals surface area contributed by atoms with Crippen LogP contribution >= 0.6 is 23.1 Å². The van der Waals surface area contributed by atoms with Gasteiger partial charge < -0.3 is 25.4 Å². The number of thioether (sulfide) groups is 1. The first-order valence-electron chi connectivity index (χ1n) is 16.2. The van der Waals surface area contributed by atoms with Crippen molar-refractivity contribution in [3.63, 3.8) is 0 Å². The summed E-state index contributed by atoms with van der Waals surface area (Å²) in [6, 6.07) is 23.1. The minimum atomic E-state index is -0.528. The molecule has 0 aliphatic heterocycles. The maximum Gasteiger partial charge on any atom is 0.341 e. The number of rotatable bonds is 13. The molecule has 254 valence electrons. The van der Waals surface area contributed by atoms with Crippen LogP contribution in [0.5, 0.6) is 5.75 Å². The lowest BCUT2D eigenvalue weighted by molar-refractivity contribution is -0.116. The molecule has 1 heterocycles. The predicted molar refractivity (Wildman–Crippen MR) is 195 cm³/mol. The number of ether oxygens (including phenoxy) is 2. The molecule has 0 spiro atoms. The summed E-state index contributed by atoms with van der Waals surface area (Å²) in [4.78, 5) is 54.9. The fourth-order valence-corrected chi connectivity index (χ4v) is 7.77. The zero-order valence-electron chi connectivity index (χ0n) is 27.7. The third-order valence-electron chi connectivity index (χ3n) is 7.88. The number of anilines is 2. The average molecular weight is 698 g/mol. The Hall–Kier alpha value is -4.87. The minimum absolute atomic E-state index is 0.0323. The first kappa shape index (κ1) is 35.4. The molecule has 11 heteroatoms. The normalized spacial score (nSPS) is 13.1. The van der Waals surface area contributed by atoms with Crippen molar-refractivity contribution in [1.29, 1.82) is 0 Å². The standard InChI is InChI=1S/C38H39N3O6S2/c1-4-31(36(44)41-37-33(38(45)46-3)28-19-10-12-21-32(28)49-37)48-27-18-13-17-26(23-27)39-35(43)29(40-34(42)24-14-7-6-8-15-24)22-25-16-9-11-20-30(25)47-5-2/h6-9,11,13-18,20,22-23,31H,4-5,10,12,19,21H2,1-3H3,(H,39,43)(H,40,42)(H,41,44)/b29-22+. The molecule has 1 aliphatic carbocycles. The van der Waals surface area contributed by atoms with Crippen LogP contribution in [0.15, 0.2) is 89.5 Å². The second-order valence-electron chi connectivity index (χ2n) is 11.2. The Morgan fingerprint density at radius 2 is 1.67 bits per heavy atom. The number of para-hydroxylation sites is 1. The minimum Gasteiger partial charge on any atom is -0.493 e. The lowest BCUT2D eigenvalue weighted by atomic mass is 9.95. The van der Waals surface area contributed by atoms with Crippen LogP contribution in [-0.2, 0) is 27.2 Å². The van der Waals surface area contributed by atoms with Gasteiger partial charge in [0.25, 0.3) is 11.8 Å². The molecule has 49 heavy (non-hydrogen) atoms. The highest BCUT2D eigenvalue weighted by Gasteiger charge is 2.29. The molecular weight excluding hydrogens is 659 g/mol. The molecule has 0 bridgehead atoms. The van der Waals surface area contributed by atoms with Crippen molar-refractivity contribution < 1.29 is 28.7 Å². The summed E-state index contributed by atoms with van der Waals surface area (Å²) in [5, 5.41) is 8.75. The molecular formula is C38H39N3O6S2. The van der Waals surface area contributed by atoms with E-state index in [0.29, 0.717) is 46.2 Å². The molecule has 5 rings (SSSR count). The van der Waals surface area contributed by atoms with Crippen LogP contribution in [0.2, 0.25) is 0 Å². The zero-order valence-corrected chi connectivity index (χ0v) is 29.3. The van der Waals surface area contributed by atoms with Crippen LogP contribution < -0.4 is 20.7 Å². The molecule has 4 aromatic rings. The number of aryl methyl sites for hydroxylation is 1. The third-order valence-corrected chi connectivity index (χ3v) is 10.4. The second-order valence-corrected chi connectivity index (χ2v) is 13.6. The smallest absolute Gasteiger partial charge is 0.341 e. The summed E-state index contributed by atoms with van der Waals surface area (Å²) in [6.07, 6.45) is 5.85. The van der Waals surface area contributed by atoms with Crippen LogP contribution in [0.3, 0.4) is 0 Å². The maximum atomic E-state index is 13.7. The molecule has 1 unspecified atom stereocenters. The number of amides is 3. The van der Waals surface area contributed by atoms with Gasteiger partial charge >= 0.3 is 5.97 Å². The van der Waals surface area contributed by atoms with E-state index in [9.17, 15) is 19.2 Å². The van der Waals surface area contributed by atoms with E-state index in [1.165, 1.54) is 30.2 Å². The number of esters is 1. The topological polar surface area (TPSA) is 123 Å². The summed E-state index contributed by atoms with van der Waals surface area (Å²) in [5.41, 5.74) is 3.01. The van der Waals surface area contributed by atoms with Crippen LogP contribution in [0.1, 0.15) is 69.8 Å². The molecule has 3 amide bonds. The summed E-state index contributed by atoms with van der Waals surface area (Å²) in [5.74, 6) is -1.03. The molecule has 1 aromatic heterocycles. The van der Waals surface area contributed by atoms with Crippen LogP contribution in [-0.4, -0.2) is 42.7 Å². The van der Waals surface area contributed by atoms with Gasteiger partial charge in [0.15, 0.2) is 0 Å². The summed E-state index contributed by atoms with van der Waals surface area (Å²) in [6.45, 7) is 4.24. The summed E-state index contributed by atoms with van der Waals surface area (Å²) in [7, 11) is 1.35. The molecule has 0 radical (unpaired) electrons. The van der Waals surface area contributed by atoms with E-state index in [2.05, 4.69) is 16.0 Å². The number of methoxy groups -OCH3 is 1. The van der Waals surface area contributed by atoms with E-state index in [0.717, 1.165) is 41.0 Å². The maximum absolute atomic E-state index is 13.7. The average Bonchev–Trinajstić information content (AvgIpc) is 3.49. The highest BCUT2D eigenvalue weighted by Crippen LogP contribution is 2.39. The van der Waals surface area contributed by atoms with E-state index in [-0.39, 0.29) is 11.6 Å². The highest BCUT2D eigenvalue weighted by atomic mass is 32.2. The van der Waals surface area contributed by atoms with Crippen molar-refractivity contribution in [3.8, 4) is 5.75 Å². The van der Waals surface area contributed by atoms with Gasteiger partial charge in [-0.05, 0) is 87.1 Å². The van der Waals surface area contributed by atoms with Crippen LogP contribution in [0.4, 0.5) is 10.7 Å². The van der Waals surface area contributed by atoms with Gasteiger partial charge in [-0.25, -0.2) is 4.79 Å². The van der Waals surface area contributed by atoms with Crippen molar-refractivity contribution in [2.45, 2.75) is 56.1 Å². The Bertz CT molecular complexity index is 1850. The van der Waals surface area contributed by atoms with Crippen molar-refractivity contribution in [2.75, 3.05) is 24.4 Å². The van der Waals surface area contributed by atoms with E-state index in [4.69, 9.17) is 9.47 Å². The molecule has 0 saturated carbocycles. The van der Waals surface area contributed by atoms with Gasteiger partial charge in [0.05, 0.1) is 24.5 Å². The van der Waals surface area contributed by atoms with Gasteiger partial charge in [0.2, 0.25) is 5.91 Å². The number of benzene rings is 3. The van der Waals surface area contributed by atoms with Gasteiger partial charge in [0, 0.05) is 26.6 Å². The van der Waals surface area contributed by atoms with Crippen molar-refractivity contribution in [1.82, 2.24) is 5.32 Å². The highest BCUT2D eigenvalue weighted by molar-refractivity contribution is 8.00. The molecule has 3 N–H and O–H groups in total. The van der Waals surface area contributed by atoms with Crippen LogP contribution in [0.25, 0.3) is 6.08 Å². The van der Waals surface area contributed by atoms with E-state index >= 15 is 0 Å². The van der Waals surface area contributed by atoms with Crippen molar-refractivity contribution in [2.24, 2.45) is 0 Å². The van der Waals surface area contributed by atoms with Gasteiger partial charge in [0.1, 0.15) is 16.4 Å². The first-order chi connectivity index (χ1) is 23.8. The first-order valence-corrected chi connectivity index (χ1v) is 17.9. The van der Waals surface area contributed by atoms with E-state index in [1.807, 2.05) is 38.1 Å². The number of thiophene rings is 1. The third kappa shape index (κ3) is 8.98. The number of carbonyl (C=O) groups excluding carboxylic acids is 4.